The first-order valence-electron chi connectivity index (χ1n) is 5.58. The molecule has 0 amide bonds. The van der Waals surface area contributed by atoms with E-state index in [1.165, 1.54) is 0 Å². The average Bonchev–Trinajstić information content (AvgIpc) is 2.35. The van der Waals surface area contributed by atoms with Gasteiger partial charge in [0, 0.05) is 5.69 Å². The van der Waals surface area contributed by atoms with E-state index in [2.05, 4.69) is 5.32 Å². The van der Waals surface area contributed by atoms with Crippen LogP contribution in [-0.4, -0.2) is 56.6 Å². The summed E-state index contributed by atoms with van der Waals surface area (Å²) in [5, 5.41) is 12.9. The van der Waals surface area contributed by atoms with Crippen LogP contribution >= 0.6 is 23.2 Å². The SMILES string of the molecule is O=C(O)Cc1ccccc1Nc1c(Cl)cccc1Cl.[H-].[H-].[Sr+2]. The zero-order valence-corrected chi connectivity index (χ0v) is 15.6. The molecule has 0 aliphatic carbocycles. The molecule has 0 unspecified atom stereocenters. The van der Waals surface area contributed by atoms with E-state index in [1.54, 1.807) is 36.4 Å². The second-order valence-corrected chi connectivity index (χ2v) is 4.76. The molecule has 0 heterocycles. The third-order valence-electron chi connectivity index (χ3n) is 2.58. The number of para-hydroxylation sites is 2. The average molecular weight is 386 g/mol. The van der Waals surface area contributed by atoms with Crippen LogP contribution in [0.2, 0.25) is 10.0 Å². The number of carbonyl (C=O) groups is 1. The Kier molecular flexibility index (Phi) is 7.37. The van der Waals surface area contributed by atoms with Gasteiger partial charge in [0.1, 0.15) is 0 Å². The summed E-state index contributed by atoms with van der Waals surface area (Å²) < 4.78 is 0. The van der Waals surface area contributed by atoms with Gasteiger partial charge in [-0.2, -0.15) is 0 Å². The van der Waals surface area contributed by atoms with Crippen LogP contribution in [0.5, 0.6) is 0 Å². The molecule has 0 aromatic heterocycles. The molecule has 0 spiro atoms. The molecule has 0 saturated carbocycles. The number of hydrogen-bond donors (Lipinski definition) is 2. The largest absolute Gasteiger partial charge is 2.00 e. The van der Waals surface area contributed by atoms with Crippen LogP contribution in [0.4, 0.5) is 11.4 Å². The second-order valence-electron chi connectivity index (χ2n) is 3.95. The smallest absolute Gasteiger partial charge is 1.00 e. The first-order valence-corrected chi connectivity index (χ1v) is 6.34. The van der Waals surface area contributed by atoms with Crippen molar-refractivity contribution in [1.29, 1.82) is 0 Å². The summed E-state index contributed by atoms with van der Waals surface area (Å²) >= 11 is 12.1. The Morgan fingerprint density at radius 3 is 2.30 bits per heavy atom. The molecule has 0 saturated heterocycles. The van der Waals surface area contributed by atoms with Gasteiger partial charge < -0.3 is 13.3 Å². The zero-order valence-electron chi connectivity index (χ0n) is 12.6. The number of carboxylic acids is 1. The minimum absolute atomic E-state index is 0. The van der Waals surface area contributed by atoms with Crippen molar-refractivity contribution < 1.29 is 12.8 Å². The Bertz CT molecular complexity index is 609. The fraction of sp³-hybridized carbons (Fsp3) is 0.0714. The number of aliphatic carboxylic acids is 1. The Balaban J connectivity index is 0. The normalized spacial score (nSPS) is 9.70. The number of anilines is 2. The molecule has 0 fully saturated rings. The summed E-state index contributed by atoms with van der Waals surface area (Å²) in [6.07, 6.45) is -0.0642. The van der Waals surface area contributed by atoms with Gasteiger partial charge in [-0.05, 0) is 23.8 Å². The van der Waals surface area contributed by atoms with Gasteiger partial charge in [-0.1, -0.05) is 47.5 Å². The molecular formula is C14H13Cl2NO2Sr. The van der Waals surface area contributed by atoms with Gasteiger partial charge in [0.2, 0.25) is 0 Å². The van der Waals surface area contributed by atoms with Crippen LogP contribution in [0.3, 0.4) is 0 Å². The molecule has 20 heavy (non-hydrogen) atoms. The monoisotopic (exact) mass is 385 g/mol. The van der Waals surface area contributed by atoms with Crippen LogP contribution in [0.25, 0.3) is 0 Å². The van der Waals surface area contributed by atoms with E-state index < -0.39 is 5.97 Å². The van der Waals surface area contributed by atoms with Crippen molar-refractivity contribution in [3.8, 4) is 0 Å². The predicted octanol–water partition coefficient (Wildman–Crippen LogP) is 4.21. The summed E-state index contributed by atoms with van der Waals surface area (Å²) in [5.41, 5.74) is 1.93. The van der Waals surface area contributed by atoms with Crippen molar-refractivity contribution >= 4 is 86.0 Å². The maximum Gasteiger partial charge on any atom is 2.00 e. The zero-order chi connectivity index (χ0) is 13.8. The van der Waals surface area contributed by atoms with Crippen LogP contribution in [-0.2, 0) is 11.2 Å². The number of carboxylic acid groups (broad SMARTS) is 1. The van der Waals surface area contributed by atoms with E-state index in [0.29, 0.717) is 27.0 Å². The maximum atomic E-state index is 10.8. The van der Waals surface area contributed by atoms with Crippen LogP contribution in [0.15, 0.2) is 42.5 Å². The number of hydrogen-bond acceptors (Lipinski definition) is 2. The summed E-state index contributed by atoms with van der Waals surface area (Å²) in [6.45, 7) is 0. The van der Waals surface area contributed by atoms with Crippen molar-refractivity contribution in [2.75, 3.05) is 5.32 Å². The minimum atomic E-state index is -0.889. The number of halogens is 2. The minimum Gasteiger partial charge on any atom is -1.00 e. The number of benzene rings is 2. The molecule has 3 nitrogen and oxygen atoms in total. The van der Waals surface area contributed by atoms with E-state index in [-0.39, 0.29) is 54.8 Å². The van der Waals surface area contributed by atoms with Crippen molar-refractivity contribution in [2.45, 2.75) is 6.42 Å². The molecule has 6 heteroatoms. The van der Waals surface area contributed by atoms with Gasteiger partial charge in [-0.25, -0.2) is 0 Å². The van der Waals surface area contributed by atoms with Crippen LogP contribution < -0.4 is 5.32 Å². The van der Waals surface area contributed by atoms with Gasteiger partial charge >= 0.3 is 51.5 Å². The van der Waals surface area contributed by atoms with E-state index in [1.807, 2.05) is 6.07 Å². The Labute approximate surface area is 167 Å². The van der Waals surface area contributed by atoms with Crippen molar-refractivity contribution in [2.24, 2.45) is 0 Å². The summed E-state index contributed by atoms with van der Waals surface area (Å²) in [7, 11) is 0. The quantitative estimate of drug-likeness (QED) is 0.775. The molecule has 102 valence electrons. The van der Waals surface area contributed by atoms with Crippen molar-refractivity contribution in [3.63, 3.8) is 0 Å². The van der Waals surface area contributed by atoms with Gasteiger partial charge in [0.25, 0.3) is 0 Å². The number of nitrogens with one attached hydrogen (secondary N) is 1. The summed E-state index contributed by atoms with van der Waals surface area (Å²) in [4.78, 5) is 10.8. The first-order chi connectivity index (χ1) is 9.08. The first kappa shape index (κ1) is 17.8. The Morgan fingerprint density at radius 1 is 1.10 bits per heavy atom. The van der Waals surface area contributed by atoms with E-state index in [0.717, 1.165) is 0 Å². The third-order valence-corrected chi connectivity index (χ3v) is 3.21. The molecule has 2 rings (SSSR count). The molecule has 0 aliphatic heterocycles. The van der Waals surface area contributed by atoms with E-state index >= 15 is 0 Å². The molecule has 0 atom stereocenters. The molecule has 0 aliphatic rings. The van der Waals surface area contributed by atoms with Crippen molar-refractivity contribution in [1.82, 2.24) is 0 Å². The topological polar surface area (TPSA) is 49.3 Å². The maximum absolute atomic E-state index is 10.8. The summed E-state index contributed by atoms with van der Waals surface area (Å²) in [6, 6.07) is 12.3. The standard InChI is InChI=1S/C14H11Cl2NO2.Sr.2H/c15-10-5-3-6-11(16)14(10)17-12-7-2-1-4-9(12)8-13(18)19;;;/h1-7,17H,8H2,(H,18,19);;;/q;+2;2*-1. The molecule has 2 N–H and O–H groups in total. The van der Waals surface area contributed by atoms with Gasteiger partial charge in [0.15, 0.2) is 0 Å². The molecular weight excluding hydrogens is 373 g/mol. The predicted molar refractivity (Wildman–Crippen MR) is 85.5 cm³/mol. The Hall–Kier alpha value is -0.229. The second kappa shape index (κ2) is 8.27. The van der Waals surface area contributed by atoms with Crippen molar-refractivity contribution in [3.05, 3.63) is 58.1 Å². The van der Waals surface area contributed by atoms with Gasteiger partial charge in [0.05, 0.1) is 22.2 Å². The molecule has 2 aromatic carbocycles. The molecule has 2 aromatic rings. The fourth-order valence-corrected chi connectivity index (χ4v) is 2.20. The van der Waals surface area contributed by atoms with E-state index in [4.69, 9.17) is 28.3 Å². The van der Waals surface area contributed by atoms with Crippen LogP contribution in [0.1, 0.15) is 8.42 Å². The Morgan fingerprint density at radius 2 is 1.70 bits per heavy atom. The van der Waals surface area contributed by atoms with E-state index in [9.17, 15) is 4.79 Å². The third kappa shape index (κ3) is 4.65. The van der Waals surface area contributed by atoms with Gasteiger partial charge in [-0.15, -0.1) is 0 Å². The van der Waals surface area contributed by atoms with Crippen LogP contribution in [0, 0.1) is 0 Å². The molecule has 0 radical (unpaired) electrons. The fourth-order valence-electron chi connectivity index (χ4n) is 1.71. The number of rotatable bonds is 4. The summed E-state index contributed by atoms with van der Waals surface area (Å²) in [5.74, 6) is -0.889. The van der Waals surface area contributed by atoms with Gasteiger partial charge in [-0.3, -0.25) is 4.79 Å². The molecule has 0 bridgehead atoms.